The van der Waals surface area contributed by atoms with E-state index in [2.05, 4.69) is 104 Å². The molecule has 0 saturated heterocycles. The molecule has 1 nitrogen and oxygen atoms in total. The largest absolute Gasteiger partial charge is 0.398 e. The van der Waals surface area contributed by atoms with Gasteiger partial charge in [0.15, 0.2) is 0 Å². The first-order chi connectivity index (χ1) is 13.7. The average molecular weight is 359 g/mol. The van der Waals surface area contributed by atoms with Crippen LogP contribution < -0.4 is 5.73 Å². The molecule has 0 fully saturated rings. The highest BCUT2D eigenvalue weighted by Crippen LogP contribution is 2.36. The van der Waals surface area contributed by atoms with Crippen LogP contribution in [0.4, 0.5) is 5.69 Å². The molecule has 0 heterocycles. The predicted octanol–water partition coefficient (Wildman–Crippen LogP) is 7.22. The fourth-order valence-electron chi connectivity index (χ4n) is 3.96. The van der Waals surface area contributed by atoms with Crippen LogP contribution in [0.3, 0.4) is 0 Å². The Kier molecular flexibility index (Phi) is 3.87. The lowest BCUT2D eigenvalue weighted by molar-refractivity contribution is 1.50. The lowest BCUT2D eigenvalue weighted by Gasteiger charge is -2.13. The van der Waals surface area contributed by atoms with E-state index in [9.17, 15) is 0 Å². The molecule has 1 heteroatoms. The summed E-state index contributed by atoms with van der Waals surface area (Å²) in [7, 11) is 0. The topological polar surface area (TPSA) is 26.0 Å². The van der Waals surface area contributed by atoms with E-state index < -0.39 is 0 Å². The first-order valence-corrected chi connectivity index (χ1v) is 9.57. The Labute approximate surface area is 165 Å². The van der Waals surface area contributed by atoms with Crippen LogP contribution in [0.1, 0.15) is 5.56 Å². The molecule has 5 aromatic rings. The van der Waals surface area contributed by atoms with Crippen molar-refractivity contribution in [2.75, 3.05) is 5.73 Å². The Hall–Kier alpha value is -3.58. The van der Waals surface area contributed by atoms with E-state index in [1.54, 1.807) is 0 Å². The van der Waals surface area contributed by atoms with E-state index in [4.69, 9.17) is 5.73 Å². The molecule has 0 spiro atoms. The minimum atomic E-state index is 0.823. The Morgan fingerprint density at radius 2 is 1.04 bits per heavy atom. The Morgan fingerprint density at radius 3 is 1.75 bits per heavy atom. The van der Waals surface area contributed by atoms with Gasteiger partial charge < -0.3 is 5.73 Å². The summed E-state index contributed by atoms with van der Waals surface area (Å²) in [6, 6.07) is 34.4. The molecule has 0 aliphatic carbocycles. The van der Waals surface area contributed by atoms with Crippen LogP contribution in [0.2, 0.25) is 0 Å². The fraction of sp³-hybridized carbons (Fsp3) is 0.0370. The summed E-state index contributed by atoms with van der Waals surface area (Å²) in [6.07, 6.45) is 0. The van der Waals surface area contributed by atoms with Crippen molar-refractivity contribution in [1.82, 2.24) is 0 Å². The number of anilines is 1. The van der Waals surface area contributed by atoms with Gasteiger partial charge in [-0.15, -0.1) is 0 Å². The first-order valence-electron chi connectivity index (χ1n) is 9.57. The van der Waals surface area contributed by atoms with Gasteiger partial charge in [0.2, 0.25) is 0 Å². The third kappa shape index (κ3) is 2.82. The quantitative estimate of drug-likeness (QED) is 0.331. The molecule has 0 saturated carbocycles. The van der Waals surface area contributed by atoms with Crippen molar-refractivity contribution < 1.29 is 0 Å². The second-order valence-corrected chi connectivity index (χ2v) is 7.39. The van der Waals surface area contributed by atoms with Gasteiger partial charge in [-0.25, -0.2) is 0 Å². The van der Waals surface area contributed by atoms with Crippen molar-refractivity contribution in [1.29, 1.82) is 0 Å². The summed E-state index contributed by atoms with van der Waals surface area (Å²) < 4.78 is 0. The summed E-state index contributed by atoms with van der Waals surface area (Å²) in [5.74, 6) is 0. The Bertz CT molecular complexity index is 1330. The van der Waals surface area contributed by atoms with E-state index in [1.807, 2.05) is 0 Å². The van der Waals surface area contributed by atoms with Crippen LogP contribution in [-0.2, 0) is 0 Å². The molecule has 0 bridgehead atoms. The molecule has 5 aromatic carbocycles. The van der Waals surface area contributed by atoms with Crippen molar-refractivity contribution in [3.05, 3.63) is 103 Å². The molecular weight excluding hydrogens is 338 g/mol. The van der Waals surface area contributed by atoms with Crippen LogP contribution in [0.5, 0.6) is 0 Å². The molecule has 0 unspecified atom stereocenters. The number of nitrogen functional groups attached to an aromatic ring is 1. The Morgan fingerprint density at radius 1 is 0.500 bits per heavy atom. The molecule has 5 rings (SSSR count). The zero-order valence-electron chi connectivity index (χ0n) is 15.8. The highest BCUT2D eigenvalue weighted by molar-refractivity contribution is 5.95. The second-order valence-electron chi connectivity index (χ2n) is 7.39. The fourth-order valence-corrected chi connectivity index (χ4v) is 3.96. The number of fused-ring (bicyclic) bond motifs is 2. The highest BCUT2D eigenvalue weighted by Gasteiger charge is 2.10. The zero-order valence-corrected chi connectivity index (χ0v) is 15.8. The van der Waals surface area contributed by atoms with E-state index in [0.29, 0.717) is 0 Å². The number of rotatable bonds is 2. The maximum Gasteiger partial charge on any atom is 0.0473 e. The van der Waals surface area contributed by atoms with E-state index >= 15 is 0 Å². The number of benzene rings is 5. The normalized spacial score (nSPS) is 11.2. The van der Waals surface area contributed by atoms with Gasteiger partial charge in [0.1, 0.15) is 0 Å². The number of hydrogen-bond donors (Lipinski definition) is 1. The molecule has 134 valence electrons. The van der Waals surface area contributed by atoms with E-state index in [-0.39, 0.29) is 0 Å². The van der Waals surface area contributed by atoms with Gasteiger partial charge in [-0.05, 0) is 51.7 Å². The lowest BCUT2D eigenvalue weighted by atomic mass is 9.94. The smallest absolute Gasteiger partial charge is 0.0473 e. The number of nitrogens with two attached hydrogens (primary N) is 1. The van der Waals surface area contributed by atoms with Crippen molar-refractivity contribution in [2.24, 2.45) is 0 Å². The minimum Gasteiger partial charge on any atom is -0.398 e. The third-order valence-electron chi connectivity index (χ3n) is 5.47. The number of aryl methyl sites for hydroxylation is 1. The van der Waals surface area contributed by atoms with Crippen molar-refractivity contribution in [2.45, 2.75) is 6.92 Å². The summed E-state index contributed by atoms with van der Waals surface area (Å²) in [5.41, 5.74) is 13.2. The molecule has 2 N–H and O–H groups in total. The van der Waals surface area contributed by atoms with Gasteiger partial charge in [0, 0.05) is 16.8 Å². The molecule has 0 aliphatic heterocycles. The molecule has 0 amide bonds. The third-order valence-corrected chi connectivity index (χ3v) is 5.47. The number of para-hydroxylation sites is 1. The van der Waals surface area contributed by atoms with Gasteiger partial charge in [-0.1, -0.05) is 90.5 Å². The van der Waals surface area contributed by atoms with Crippen molar-refractivity contribution >= 4 is 27.2 Å². The van der Waals surface area contributed by atoms with Gasteiger partial charge in [0.05, 0.1) is 0 Å². The highest BCUT2D eigenvalue weighted by atomic mass is 14.6. The maximum absolute atomic E-state index is 6.66. The average Bonchev–Trinajstić information content (AvgIpc) is 2.73. The molecule has 28 heavy (non-hydrogen) atoms. The van der Waals surface area contributed by atoms with E-state index in [1.165, 1.54) is 27.1 Å². The van der Waals surface area contributed by atoms with Gasteiger partial charge in [-0.3, -0.25) is 0 Å². The molecule has 0 aliphatic rings. The SMILES string of the molecule is Cc1ccc2cc(-c3cccc(-c4ccc5ccccc5c4)c3N)ccc2c1. The zero-order chi connectivity index (χ0) is 19.1. The van der Waals surface area contributed by atoms with Gasteiger partial charge in [-0.2, -0.15) is 0 Å². The van der Waals surface area contributed by atoms with Crippen LogP contribution in [0, 0.1) is 6.92 Å². The van der Waals surface area contributed by atoms with Crippen LogP contribution >= 0.6 is 0 Å². The van der Waals surface area contributed by atoms with Crippen LogP contribution in [0.25, 0.3) is 43.8 Å². The van der Waals surface area contributed by atoms with Crippen molar-refractivity contribution in [3.8, 4) is 22.3 Å². The first kappa shape index (κ1) is 16.6. The molecular formula is C27H21N. The molecule has 0 radical (unpaired) electrons. The summed E-state index contributed by atoms with van der Waals surface area (Å²) >= 11 is 0. The summed E-state index contributed by atoms with van der Waals surface area (Å²) in [4.78, 5) is 0. The van der Waals surface area contributed by atoms with Crippen LogP contribution in [0.15, 0.2) is 97.1 Å². The van der Waals surface area contributed by atoms with E-state index in [0.717, 1.165) is 27.9 Å². The van der Waals surface area contributed by atoms with Gasteiger partial charge >= 0.3 is 0 Å². The summed E-state index contributed by atoms with van der Waals surface area (Å²) in [5, 5.41) is 4.96. The Balaban J connectivity index is 1.65. The van der Waals surface area contributed by atoms with Gasteiger partial charge in [0.25, 0.3) is 0 Å². The molecule has 0 atom stereocenters. The summed E-state index contributed by atoms with van der Waals surface area (Å²) in [6.45, 7) is 2.12. The second kappa shape index (κ2) is 6.54. The van der Waals surface area contributed by atoms with Crippen molar-refractivity contribution in [3.63, 3.8) is 0 Å². The molecule has 0 aromatic heterocycles. The monoisotopic (exact) mass is 359 g/mol. The maximum atomic E-state index is 6.66. The minimum absolute atomic E-state index is 0.823. The standard InChI is InChI=1S/C27H21N/c1-18-9-10-22-17-24(14-12-21(22)15-18)26-8-4-7-25(27(26)28)23-13-11-19-5-2-3-6-20(19)16-23/h2-17H,28H2,1H3. The lowest BCUT2D eigenvalue weighted by Crippen LogP contribution is -1.94. The number of hydrogen-bond acceptors (Lipinski definition) is 1. The van der Waals surface area contributed by atoms with Crippen LogP contribution in [-0.4, -0.2) is 0 Å². The predicted molar refractivity (Wildman–Crippen MR) is 121 cm³/mol.